The van der Waals surface area contributed by atoms with Crippen molar-refractivity contribution >= 4 is 47.1 Å². The molecule has 7 heteroatoms. The van der Waals surface area contributed by atoms with Gasteiger partial charge >= 0.3 is 0 Å². The predicted molar refractivity (Wildman–Crippen MR) is 91.1 cm³/mol. The van der Waals surface area contributed by atoms with Crippen molar-refractivity contribution < 1.29 is 9.59 Å². The van der Waals surface area contributed by atoms with Gasteiger partial charge in [0.1, 0.15) is 0 Å². The van der Waals surface area contributed by atoms with E-state index < -0.39 is 10.5 Å². The van der Waals surface area contributed by atoms with Crippen LogP contribution in [0.4, 0.5) is 21.0 Å². The van der Waals surface area contributed by atoms with Gasteiger partial charge in [0.05, 0.1) is 11.4 Å². The van der Waals surface area contributed by atoms with E-state index in [9.17, 15) is 4.79 Å². The first kappa shape index (κ1) is 16.9. The lowest BCUT2D eigenvalue weighted by atomic mass is 10.2. The van der Waals surface area contributed by atoms with Gasteiger partial charge in [-0.2, -0.15) is 0 Å². The molecule has 0 atom stereocenters. The quantitative estimate of drug-likeness (QED) is 0.517. The third-order valence-corrected chi connectivity index (χ3v) is 2.34. The molecule has 0 aliphatic carbocycles. The van der Waals surface area contributed by atoms with Crippen molar-refractivity contribution in [1.29, 1.82) is 0 Å². The summed E-state index contributed by atoms with van der Waals surface area (Å²) in [6.45, 7) is 0. The number of nitrogens with zero attached hydrogens (tertiary/aromatic N) is 1. The Hall–Kier alpha value is -2.12. The Labute approximate surface area is 133 Å². The third kappa shape index (κ3) is 6.73. The number of hydrogen-bond donors (Lipinski definition) is 4. The Morgan fingerprint density at radius 3 is 1.48 bits per heavy atom. The van der Waals surface area contributed by atoms with Crippen molar-refractivity contribution in [2.75, 3.05) is 5.01 Å². The van der Waals surface area contributed by atoms with Gasteiger partial charge in [0.25, 0.3) is 10.5 Å². The summed E-state index contributed by atoms with van der Waals surface area (Å²) in [6.07, 6.45) is 0. The summed E-state index contributed by atoms with van der Waals surface area (Å²) < 4.78 is 0. The molecular formula is C14H15N3O2S2. The fraction of sp³-hybridized carbons (Fsp3) is 0. The van der Waals surface area contributed by atoms with Crippen molar-refractivity contribution in [1.82, 2.24) is 5.43 Å². The van der Waals surface area contributed by atoms with Crippen LogP contribution in [0.3, 0.4) is 0 Å². The number of carbonyl (C=O) groups is 2. The molecule has 0 aliphatic rings. The smallest absolute Gasteiger partial charge is 0.294 e. The van der Waals surface area contributed by atoms with Crippen LogP contribution in [0.15, 0.2) is 60.7 Å². The van der Waals surface area contributed by atoms with E-state index in [0.29, 0.717) is 0 Å². The second-order valence-electron chi connectivity index (χ2n) is 3.76. The van der Waals surface area contributed by atoms with Gasteiger partial charge in [-0.3, -0.25) is 20.0 Å². The van der Waals surface area contributed by atoms with E-state index >= 15 is 0 Å². The number of para-hydroxylation sites is 2. The van der Waals surface area contributed by atoms with Crippen LogP contribution in [0.5, 0.6) is 0 Å². The Kier molecular flexibility index (Phi) is 7.20. The molecule has 21 heavy (non-hydrogen) atoms. The summed E-state index contributed by atoms with van der Waals surface area (Å²) >= 11 is 6.85. The number of primary amides is 1. The largest absolute Gasteiger partial charge is 0.361 e. The van der Waals surface area contributed by atoms with E-state index in [0.717, 1.165) is 11.4 Å². The topological polar surface area (TPSA) is 75.4 Å². The number of benzene rings is 2. The number of carbonyl (C=O) groups excluding carboxylic acids is 2. The minimum absolute atomic E-state index is 0.405. The van der Waals surface area contributed by atoms with Gasteiger partial charge in [-0.25, -0.2) is 0 Å². The Balaban J connectivity index is 0.000000491. The van der Waals surface area contributed by atoms with Crippen LogP contribution in [0.25, 0.3) is 0 Å². The first-order chi connectivity index (χ1) is 10.0. The molecule has 0 saturated heterocycles. The van der Waals surface area contributed by atoms with Crippen molar-refractivity contribution in [3.8, 4) is 0 Å². The highest BCUT2D eigenvalue weighted by molar-refractivity contribution is 7.96. The summed E-state index contributed by atoms with van der Waals surface area (Å²) in [5.74, 6) is 0. The lowest BCUT2D eigenvalue weighted by molar-refractivity contribution is 0.261. The SMILES string of the molecule is NC(=O)S.O=C(S)NN(c1ccccc1)c1ccccc1. The number of hydrazine groups is 1. The number of amides is 2. The maximum atomic E-state index is 11.1. The second-order valence-corrected chi connectivity index (χ2v) is 4.61. The summed E-state index contributed by atoms with van der Waals surface area (Å²) in [5, 5.41) is 0.646. The summed E-state index contributed by atoms with van der Waals surface area (Å²) in [5.41, 5.74) is 8.76. The molecular weight excluding hydrogens is 306 g/mol. The van der Waals surface area contributed by atoms with E-state index in [2.05, 4.69) is 36.4 Å². The number of anilines is 2. The molecule has 0 aliphatic heterocycles. The first-order valence-electron chi connectivity index (χ1n) is 5.89. The summed E-state index contributed by atoms with van der Waals surface area (Å²) in [7, 11) is 0. The summed E-state index contributed by atoms with van der Waals surface area (Å²) in [6, 6.07) is 19.2. The highest BCUT2D eigenvalue weighted by Gasteiger charge is 2.09. The predicted octanol–water partition coefficient (Wildman–Crippen LogP) is 3.37. The zero-order valence-corrected chi connectivity index (χ0v) is 12.8. The van der Waals surface area contributed by atoms with E-state index in [-0.39, 0.29) is 0 Å². The molecule has 3 N–H and O–H groups in total. The average Bonchev–Trinajstić information content (AvgIpc) is 2.46. The molecule has 0 saturated carbocycles. The van der Waals surface area contributed by atoms with Gasteiger partial charge in [0.15, 0.2) is 0 Å². The molecule has 2 aromatic rings. The van der Waals surface area contributed by atoms with Crippen LogP contribution < -0.4 is 16.2 Å². The molecule has 2 aromatic carbocycles. The third-order valence-electron chi connectivity index (χ3n) is 2.24. The van der Waals surface area contributed by atoms with Crippen molar-refractivity contribution in [3.63, 3.8) is 0 Å². The van der Waals surface area contributed by atoms with Crippen LogP contribution >= 0.6 is 25.3 Å². The molecule has 2 rings (SSSR count). The van der Waals surface area contributed by atoms with Gasteiger partial charge in [0.2, 0.25) is 0 Å². The highest BCUT2D eigenvalue weighted by atomic mass is 32.1. The molecule has 0 radical (unpaired) electrons. The molecule has 2 amide bonds. The summed E-state index contributed by atoms with van der Waals surface area (Å²) in [4.78, 5) is 20.2. The van der Waals surface area contributed by atoms with Gasteiger partial charge in [-0.1, -0.05) is 61.7 Å². The minimum Gasteiger partial charge on any atom is -0.361 e. The lowest BCUT2D eigenvalue weighted by Gasteiger charge is -2.24. The molecule has 0 heterocycles. The molecule has 5 nitrogen and oxygen atoms in total. The zero-order chi connectivity index (χ0) is 15.7. The number of thiol groups is 2. The van der Waals surface area contributed by atoms with Crippen LogP contribution in [0.2, 0.25) is 0 Å². The molecule has 110 valence electrons. The van der Waals surface area contributed by atoms with E-state index in [4.69, 9.17) is 4.79 Å². The number of nitrogens with two attached hydrogens (primary N) is 1. The maximum Gasteiger partial charge on any atom is 0.294 e. The molecule has 0 bridgehead atoms. The molecule has 0 unspecified atom stereocenters. The minimum atomic E-state index is -0.639. The van der Waals surface area contributed by atoms with Crippen molar-refractivity contribution in [2.24, 2.45) is 5.73 Å². The Morgan fingerprint density at radius 1 is 0.857 bits per heavy atom. The maximum absolute atomic E-state index is 11.1. The average molecular weight is 321 g/mol. The van der Waals surface area contributed by atoms with Gasteiger partial charge < -0.3 is 5.73 Å². The Bertz CT molecular complexity index is 536. The van der Waals surface area contributed by atoms with Crippen molar-refractivity contribution in [3.05, 3.63) is 60.7 Å². The lowest BCUT2D eigenvalue weighted by Crippen LogP contribution is -2.35. The van der Waals surface area contributed by atoms with Gasteiger partial charge in [-0.15, -0.1) is 0 Å². The number of hydrogen-bond acceptors (Lipinski definition) is 3. The fourth-order valence-corrected chi connectivity index (χ4v) is 1.63. The van der Waals surface area contributed by atoms with E-state index in [1.165, 1.54) is 0 Å². The van der Waals surface area contributed by atoms with Crippen molar-refractivity contribution in [2.45, 2.75) is 0 Å². The highest BCUT2D eigenvalue weighted by Crippen LogP contribution is 2.22. The Morgan fingerprint density at radius 2 is 1.19 bits per heavy atom. The number of rotatable bonds is 3. The molecule has 0 spiro atoms. The normalized spacial score (nSPS) is 9.05. The van der Waals surface area contributed by atoms with E-state index in [1.54, 1.807) is 5.01 Å². The monoisotopic (exact) mass is 321 g/mol. The fourth-order valence-electron chi connectivity index (χ4n) is 1.53. The van der Waals surface area contributed by atoms with E-state index in [1.807, 2.05) is 60.7 Å². The standard InChI is InChI=1S/C13H12N2OS.CH3NOS/c16-13(17)14-15(11-7-3-1-4-8-11)12-9-5-2-6-10-12;2-1(3)4/h1-10H,(H2,14,16,17);(H3,2,3,4). The molecule has 0 fully saturated rings. The first-order valence-corrected chi connectivity index (χ1v) is 6.78. The van der Waals surface area contributed by atoms with Gasteiger partial charge in [-0.05, 0) is 24.3 Å². The zero-order valence-electron chi connectivity index (χ0n) is 11.0. The molecule has 0 aromatic heterocycles. The van der Waals surface area contributed by atoms with Crippen LogP contribution in [-0.2, 0) is 0 Å². The van der Waals surface area contributed by atoms with Gasteiger partial charge in [0, 0.05) is 0 Å². The van der Waals surface area contributed by atoms with Crippen LogP contribution in [0.1, 0.15) is 0 Å². The number of nitrogens with one attached hydrogen (secondary N) is 1. The van der Waals surface area contributed by atoms with Crippen LogP contribution in [0, 0.1) is 0 Å². The van der Waals surface area contributed by atoms with Crippen LogP contribution in [-0.4, -0.2) is 10.5 Å². The second kappa shape index (κ2) is 8.93.